The van der Waals surface area contributed by atoms with Crippen molar-refractivity contribution >= 4 is 51.7 Å². The lowest BCUT2D eigenvalue weighted by Gasteiger charge is -2.13. The van der Waals surface area contributed by atoms with Gasteiger partial charge in [-0.25, -0.2) is 4.98 Å². The number of aromatic nitrogens is 2. The van der Waals surface area contributed by atoms with Crippen molar-refractivity contribution in [1.82, 2.24) is 14.3 Å². The molecule has 0 bridgehead atoms. The summed E-state index contributed by atoms with van der Waals surface area (Å²) in [4.78, 5) is 32.4. The quantitative estimate of drug-likeness (QED) is 0.565. The Morgan fingerprint density at radius 2 is 2.07 bits per heavy atom. The molecule has 1 amide bonds. The van der Waals surface area contributed by atoms with Crippen molar-refractivity contribution < 1.29 is 4.79 Å². The van der Waals surface area contributed by atoms with Crippen LogP contribution in [0.25, 0.3) is 11.7 Å². The van der Waals surface area contributed by atoms with Gasteiger partial charge in [-0.1, -0.05) is 50.3 Å². The van der Waals surface area contributed by atoms with Crippen LogP contribution in [0.2, 0.25) is 0 Å². The summed E-state index contributed by atoms with van der Waals surface area (Å²) in [5, 5.41) is 3.21. The molecule has 3 rings (SSSR count). The van der Waals surface area contributed by atoms with Crippen molar-refractivity contribution in [2.24, 2.45) is 0 Å². The van der Waals surface area contributed by atoms with Crippen LogP contribution in [0.1, 0.15) is 38.7 Å². The van der Waals surface area contributed by atoms with Gasteiger partial charge in [0.2, 0.25) is 0 Å². The molecule has 142 valence electrons. The van der Waals surface area contributed by atoms with Crippen LogP contribution in [0.5, 0.6) is 0 Å². The first kappa shape index (κ1) is 19.6. The van der Waals surface area contributed by atoms with E-state index in [9.17, 15) is 9.59 Å². The number of carbonyl (C=O) groups excluding carboxylic acids is 1. The van der Waals surface area contributed by atoms with Gasteiger partial charge in [-0.2, -0.15) is 0 Å². The largest absolute Gasteiger partial charge is 0.369 e. The van der Waals surface area contributed by atoms with Gasteiger partial charge in [-0.3, -0.25) is 18.9 Å². The second kappa shape index (κ2) is 8.67. The normalized spacial score (nSPS) is 15.9. The Bertz CT molecular complexity index is 968. The van der Waals surface area contributed by atoms with E-state index in [0.717, 1.165) is 19.3 Å². The number of anilines is 1. The lowest BCUT2D eigenvalue weighted by atomic mass is 10.2. The predicted molar refractivity (Wildman–Crippen MR) is 115 cm³/mol. The van der Waals surface area contributed by atoms with E-state index >= 15 is 0 Å². The number of nitrogens with one attached hydrogen (secondary N) is 1. The van der Waals surface area contributed by atoms with E-state index < -0.39 is 0 Å². The highest BCUT2D eigenvalue weighted by molar-refractivity contribution is 8.26. The van der Waals surface area contributed by atoms with Crippen LogP contribution in [-0.2, 0) is 4.79 Å². The predicted octanol–water partition coefficient (Wildman–Crippen LogP) is 3.52. The lowest BCUT2D eigenvalue weighted by Crippen LogP contribution is -2.29. The molecular weight excluding hydrogens is 380 g/mol. The van der Waals surface area contributed by atoms with Crippen molar-refractivity contribution in [3.63, 3.8) is 0 Å². The molecule has 0 atom stereocenters. The fourth-order valence-corrected chi connectivity index (χ4v) is 4.04. The third kappa shape index (κ3) is 4.06. The molecular formula is C19H22N4O2S2. The molecule has 0 spiro atoms. The van der Waals surface area contributed by atoms with Crippen molar-refractivity contribution in [3.05, 3.63) is 45.2 Å². The molecule has 27 heavy (non-hydrogen) atoms. The first-order valence-corrected chi connectivity index (χ1v) is 10.3. The molecule has 1 fully saturated rings. The molecule has 0 saturated carbocycles. The molecule has 1 aliphatic rings. The SMILES string of the molecule is CCCCN1C(=O)C(=Cc2c(NCCC)nc3ccccn3c2=O)SC1=S. The number of thiocarbonyl (C=S) groups is 1. The summed E-state index contributed by atoms with van der Waals surface area (Å²) < 4.78 is 2.03. The molecule has 8 heteroatoms. The Morgan fingerprint density at radius 1 is 1.26 bits per heavy atom. The van der Waals surface area contributed by atoms with E-state index in [4.69, 9.17) is 12.2 Å². The number of unbranched alkanes of at least 4 members (excludes halogenated alkanes) is 1. The van der Waals surface area contributed by atoms with Crippen LogP contribution in [0.15, 0.2) is 34.1 Å². The minimum Gasteiger partial charge on any atom is -0.369 e. The topological polar surface area (TPSA) is 66.7 Å². The first-order chi connectivity index (χ1) is 13.1. The smallest absolute Gasteiger partial charge is 0.267 e. The van der Waals surface area contributed by atoms with Crippen molar-refractivity contribution in [2.45, 2.75) is 33.1 Å². The summed E-state index contributed by atoms with van der Waals surface area (Å²) in [7, 11) is 0. The van der Waals surface area contributed by atoms with E-state index in [-0.39, 0.29) is 11.5 Å². The summed E-state index contributed by atoms with van der Waals surface area (Å²) in [6, 6.07) is 5.40. The maximum atomic E-state index is 13.0. The zero-order valence-electron chi connectivity index (χ0n) is 15.4. The maximum Gasteiger partial charge on any atom is 0.267 e. The maximum absolute atomic E-state index is 13.0. The average Bonchev–Trinajstić information content (AvgIpc) is 2.94. The van der Waals surface area contributed by atoms with Gasteiger partial charge in [0.15, 0.2) is 0 Å². The molecule has 0 aromatic carbocycles. The second-order valence-corrected chi connectivity index (χ2v) is 7.90. The van der Waals surface area contributed by atoms with Crippen molar-refractivity contribution in [3.8, 4) is 0 Å². The Morgan fingerprint density at radius 3 is 2.81 bits per heavy atom. The van der Waals surface area contributed by atoms with Gasteiger partial charge in [0.1, 0.15) is 15.8 Å². The van der Waals surface area contributed by atoms with Crippen LogP contribution < -0.4 is 10.9 Å². The number of hydrogen-bond donors (Lipinski definition) is 1. The van der Waals surface area contributed by atoms with Gasteiger partial charge >= 0.3 is 0 Å². The Kier molecular flexibility index (Phi) is 6.28. The third-order valence-electron chi connectivity index (χ3n) is 4.20. The van der Waals surface area contributed by atoms with E-state index in [1.165, 1.54) is 16.2 Å². The fraction of sp³-hybridized carbons (Fsp3) is 0.368. The lowest BCUT2D eigenvalue weighted by molar-refractivity contribution is -0.122. The number of hydrogen-bond acceptors (Lipinski definition) is 6. The van der Waals surface area contributed by atoms with Gasteiger partial charge in [-0.05, 0) is 31.1 Å². The number of thioether (sulfide) groups is 1. The van der Waals surface area contributed by atoms with Crippen LogP contribution in [-0.4, -0.2) is 37.6 Å². The molecule has 2 aromatic heterocycles. The van der Waals surface area contributed by atoms with Gasteiger partial charge in [-0.15, -0.1) is 0 Å². The molecule has 0 aliphatic carbocycles. The molecule has 1 aliphatic heterocycles. The number of carbonyl (C=O) groups is 1. The first-order valence-electron chi connectivity index (χ1n) is 9.07. The monoisotopic (exact) mass is 402 g/mol. The molecule has 1 N–H and O–H groups in total. The molecule has 1 saturated heterocycles. The van der Waals surface area contributed by atoms with Crippen LogP contribution in [0, 0.1) is 0 Å². The summed E-state index contributed by atoms with van der Waals surface area (Å²) >= 11 is 6.59. The van der Waals surface area contributed by atoms with Gasteiger partial charge in [0, 0.05) is 19.3 Å². The van der Waals surface area contributed by atoms with E-state index in [2.05, 4.69) is 17.2 Å². The van der Waals surface area contributed by atoms with Gasteiger partial charge in [0.25, 0.3) is 11.5 Å². The number of rotatable bonds is 7. The van der Waals surface area contributed by atoms with E-state index in [0.29, 0.717) is 39.3 Å². The molecule has 3 heterocycles. The minimum absolute atomic E-state index is 0.141. The van der Waals surface area contributed by atoms with Crippen LogP contribution in [0.3, 0.4) is 0 Å². The number of amides is 1. The average molecular weight is 403 g/mol. The number of fused-ring (bicyclic) bond motifs is 1. The summed E-state index contributed by atoms with van der Waals surface area (Å²) in [5.41, 5.74) is 0.731. The second-order valence-electron chi connectivity index (χ2n) is 6.22. The molecule has 0 radical (unpaired) electrons. The van der Waals surface area contributed by atoms with E-state index in [1.54, 1.807) is 29.3 Å². The van der Waals surface area contributed by atoms with Gasteiger partial charge < -0.3 is 5.32 Å². The Labute approximate surface area is 167 Å². The standard InChI is InChI=1S/C19H22N4O2S2/c1-3-5-10-23-18(25)14(27-19(23)26)12-13-16(20-9-4-2)21-15-8-6-7-11-22(15)17(13)24/h6-8,11-12,20H,3-5,9-10H2,1-2H3. The summed E-state index contributed by atoms with van der Waals surface area (Å²) in [6.45, 7) is 5.41. The molecule has 6 nitrogen and oxygen atoms in total. The summed E-state index contributed by atoms with van der Waals surface area (Å²) in [5.74, 6) is 0.351. The zero-order chi connectivity index (χ0) is 19.4. The van der Waals surface area contributed by atoms with Crippen LogP contribution in [0.4, 0.5) is 5.82 Å². The highest BCUT2D eigenvalue weighted by Crippen LogP contribution is 2.33. The third-order valence-corrected chi connectivity index (χ3v) is 5.57. The number of nitrogens with zero attached hydrogens (tertiary/aromatic N) is 3. The zero-order valence-corrected chi connectivity index (χ0v) is 17.0. The Hall–Kier alpha value is -2.19. The molecule has 0 unspecified atom stereocenters. The minimum atomic E-state index is -0.210. The molecule has 2 aromatic rings. The Balaban J connectivity index is 2.06. The van der Waals surface area contributed by atoms with Crippen LogP contribution >= 0.6 is 24.0 Å². The highest BCUT2D eigenvalue weighted by Gasteiger charge is 2.32. The van der Waals surface area contributed by atoms with Gasteiger partial charge in [0.05, 0.1) is 10.5 Å². The summed E-state index contributed by atoms with van der Waals surface area (Å²) in [6.07, 6.45) is 6.07. The van der Waals surface area contributed by atoms with Crippen molar-refractivity contribution in [2.75, 3.05) is 18.4 Å². The van der Waals surface area contributed by atoms with Crippen molar-refractivity contribution in [1.29, 1.82) is 0 Å². The number of pyridine rings is 1. The highest BCUT2D eigenvalue weighted by atomic mass is 32.2. The van der Waals surface area contributed by atoms with E-state index in [1.807, 2.05) is 13.0 Å². The fourth-order valence-electron chi connectivity index (χ4n) is 2.75.